The summed E-state index contributed by atoms with van der Waals surface area (Å²) in [6.45, 7) is -1.01. The number of hydrogen-bond donors (Lipinski definition) is 0. The third-order valence-electron chi connectivity index (χ3n) is 2.63. The summed E-state index contributed by atoms with van der Waals surface area (Å²) in [4.78, 5) is 22.9. The summed E-state index contributed by atoms with van der Waals surface area (Å²) in [7, 11) is 0. The quantitative estimate of drug-likeness (QED) is 0.748. The molecule has 1 aliphatic carbocycles. The first kappa shape index (κ1) is 11.9. The Bertz CT molecular complexity index is 526. The number of hydrogen-bond acceptors (Lipinski definition) is 2. The minimum Gasteiger partial charge on any atom is -0.309 e. The highest BCUT2D eigenvalue weighted by Crippen LogP contribution is 2.29. The molecule has 2 rings (SSSR count). The maximum atomic E-state index is 12.1. The van der Waals surface area contributed by atoms with E-state index in [0.29, 0.717) is 17.0 Å². The Kier molecular flexibility index (Phi) is 2.84. The van der Waals surface area contributed by atoms with E-state index in [1.807, 2.05) is 0 Å². The predicted octanol–water partition coefficient (Wildman–Crippen LogP) is 0.982. The van der Waals surface area contributed by atoms with E-state index in [1.165, 1.54) is 10.8 Å². The van der Waals surface area contributed by atoms with E-state index in [1.54, 1.807) is 0 Å². The lowest BCUT2D eigenvalue weighted by Crippen LogP contribution is -2.42. The van der Waals surface area contributed by atoms with Gasteiger partial charge in [-0.2, -0.15) is 13.2 Å². The Labute approximate surface area is 94.3 Å². The SMILES string of the molecule is O=c1c(=O)n(CC(F)(F)F)ccn1CC1CC1. The van der Waals surface area contributed by atoms with Gasteiger partial charge < -0.3 is 9.13 Å². The molecule has 0 N–H and O–H groups in total. The molecule has 94 valence electrons. The Balaban J connectivity index is 2.28. The van der Waals surface area contributed by atoms with Crippen LogP contribution in [0.1, 0.15) is 12.8 Å². The summed E-state index contributed by atoms with van der Waals surface area (Å²) in [6.07, 6.45) is -0.248. The first-order valence-electron chi connectivity index (χ1n) is 5.23. The molecule has 0 atom stereocenters. The molecular formula is C10H11F3N2O2. The number of aromatic nitrogens is 2. The maximum Gasteiger partial charge on any atom is 0.406 e. The normalized spacial score (nSPS) is 16.2. The molecule has 0 spiro atoms. The molecule has 0 bridgehead atoms. The van der Waals surface area contributed by atoms with Crippen molar-refractivity contribution in [3.8, 4) is 0 Å². The van der Waals surface area contributed by atoms with Crippen molar-refractivity contribution in [2.24, 2.45) is 5.92 Å². The number of alkyl halides is 3. The van der Waals surface area contributed by atoms with Gasteiger partial charge >= 0.3 is 17.3 Å². The average Bonchev–Trinajstić information content (AvgIpc) is 3.00. The molecule has 7 heteroatoms. The second kappa shape index (κ2) is 4.05. The van der Waals surface area contributed by atoms with Crippen molar-refractivity contribution in [1.29, 1.82) is 0 Å². The molecule has 0 unspecified atom stereocenters. The largest absolute Gasteiger partial charge is 0.406 e. The third kappa shape index (κ3) is 2.98. The lowest BCUT2D eigenvalue weighted by atomic mass is 10.4. The number of halogens is 3. The molecule has 1 aromatic rings. The average molecular weight is 248 g/mol. The standard InChI is InChI=1S/C10H11F3N2O2/c11-10(12,13)6-15-4-3-14(5-7-1-2-7)8(16)9(15)17/h3-4,7H,1-2,5-6H2. The molecule has 0 amide bonds. The minimum absolute atomic E-state index is 0.380. The molecule has 0 saturated heterocycles. The topological polar surface area (TPSA) is 44.0 Å². The van der Waals surface area contributed by atoms with Crippen LogP contribution in [0.3, 0.4) is 0 Å². The lowest BCUT2D eigenvalue weighted by molar-refractivity contribution is -0.141. The van der Waals surface area contributed by atoms with Gasteiger partial charge in [0.05, 0.1) is 0 Å². The zero-order valence-electron chi connectivity index (χ0n) is 8.91. The van der Waals surface area contributed by atoms with Crippen LogP contribution in [0.15, 0.2) is 22.0 Å². The summed E-state index contributed by atoms with van der Waals surface area (Å²) in [5.74, 6) is 0.380. The van der Waals surface area contributed by atoms with Crippen LogP contribution in [0.5, 0.6) is 0 Å². The van der Waals surface area contributed by atoms with Crippen LogP contribution in [0, 0.1) is 5.92 Å². The Morgan fingerprint density at radius 1 is 1.12 bits per heavy atom. The second-order valence-corrected chi connectivity index (χ2v) is 4.25. The van der Waals surface area contributed by atoms with Crippen molar-refractivity contribution in [3.05, 3.63) is 33.1 Å². The summed E-state index contributed by atoms with van der Waals surface area (Å²) < 4.78 is 37.9. The van der Waals surface area contributed by atoms with E-state index in [2.05, 4.69) is 0 Å². The van der Waals surface area contributed by atoms with Gasteiger partial charge in [-0.3, -0.25) is 9.59 Å². The highest BCUT2D eigenvalue weighted by atomic mass is 19.4. The first-order valence-corrected chi connectivity index (χ1v) is 5.23. The van der Waals surface area contributed by atoms with Crippen molar-refractivity contribution in [3.63, 3.8) is 0 Å². The fraction of sp³-hybridized carbons (Fsp3) is 0.600. The van der Waals surface area contributed by atoms with Crippen molar-refractivity contribution in [1.82, 2.24) is 9.13 Å². The van der Waals surface area contributed by atoms with Gasteiger partial charge in [0.15, 0.2) is 0 Å². The van der Waals surface area contributed by atoms with E-state index in [4.69, 9.17) is 0 Å². The van der Waals surface area contributed by atoms with Gasteiger partial charge in [-0.25, -0.2) is 0 Å². The molecule has 0 aliphatic heterocycles. The van der Waals surface area contributed by atoms with Gasteiger partial charge in [0, 0.05) is 18.9 Å². The lowest BCUT2D eigenvalue weighted by Gasteiger charge is -2.10. The smallest absolute Gasteiger partial charge is 0.309 e. The van der Waals surface area contributed by atoms with E-state index >= 15 is 0 Å². The van der Waals surface area contributed by atoms with Crippen LogP contribution in [0.25, 0.3) is 0 Å². The van der Waals surface area contributed by atoms with E-state index in [0.717, 1.165) is 19.0 Å². The van der Waals surface area contributed by atoms with Crippen LogP contribution in [0.2, 0.25) is 0 Å². The molecule has 17 heavy (non-hydrogen) atoms. The van der Waals surface area contributed by atoms with Crippen molar-refractivity contribution < 1.29 is 13.2 Å². The van der Waals surface area contributed by atoms with Gasteiger partial charge in [-0.15, -0.1) is 0 Å². The van der Waals surface area contributed by atoms with Gasteiger partial charge in [-0.1, -0.05) is 0 Å². The van der Waals surface area contributed by atoms with Crippen LogP contribution in [-0.2, 0) is 13.1 Å². The summed E-state index contributed by atoms with van der Waals surface area (Å²) >= 11 is 0. The maximum absolute atomic E-state index is 12.1. The Morgan fingerprint density at radius 3 is 2.18 bits per heavy atom. The van der Waals surface area contributed by atoms with Gasteiger partial charge in [0.1, 0.15) is 6.54 Å². The molecule has 1 saturated carbocycles. The monoisotopic (exact) mass is 248 g/mol. The number of rotatable bonds is 3. The molecule has 0 aromatic carbocycles. The summed E-state index contributed by atoms with van der Waals surface area (Å²) in [6, 6.07) is 0. The highest BCUT2D eigenvalue weighted by molar-refractivity contribution is 4.88. The summed E-state index contributed by atoms with van der Waals surface area (Å²) in [5, 5.41) is 0. The molecular weight excluding hydrogens is 237 g/mol. The molecule has 0 radical (unpaired) electrons. The summed E-state index contributed by atoms with van der Waals surface area (Å²) in [5.41, 5.74) is -2.01. The molecule has 1 fully saturated rings. The molecule has 1 aliphatic rings. The zero-order valence-corrected chi connectivity index (χ0v) is 8.91. The van der Waals surface area contributed by atoms with Crippen molar-refractivity contribution >= 4 is 0 Å². The van der Waals surface area contributed by atoms with Crippen LogP contribution in [-0.4, -0.2) is 15.3 Å². The van der Waals surface area contributed by atoms with Gasteiger partial charge in [-0.05, 0) is 18.8 Å². The first-order chi connectivity index (χ1) is 7.87. The fourth-order valence-corrected chi connectivity index (χ4v) is 1.58. The third-order valence-corrected chi connectivity index (χ3v) is 2.63. The van der Waals surface area contributed by atoms with E-state index in [-0.39, 0.29) is 0 Å². The molecule has 1 aromatic heterocycles. The minimum atomic E-state index is -4.50. The molecule has 4 nitrogen and oxygen atoms in total. The Morgan fingerprint density at radius 2 is 1.65 bits per heavy atom. The fourth-order valence-electron chi connectivity index (χ4n) is 1.58. The van der Waals surface area contributed by atoms with E-state index < -0.39 is 23.8 Å². The van der Waals surface area contributed by atoms with Gasteiger partial charge in [0.25, 0.3) is 0 Å². The van der Waals surface area contributed by atoms with Gasteiger partial charge in [0.2, 0.25) is 0 Å². The van der Waals surface area contributed by atoms with Crippen molar-refractivity contribution in [2.45, 2.75) is 32.1 Å². The second-order valence-electron chi connectivity index (χ2n) is 4.25. The molecule has 1 heterocycles. The zero-order chi connectivity index (χ0) is 12.6. The Hall–Kier alpha value is -1.53. The number of nitrogens with zero attached hydrogens (tertiary/aromatic N) is 2. The highest BCUT2D eigenvalue weighted by Gasteiger charge is 2.29. The predicted molar refractivity (Wildman–Crippen MR) is 53.7 cm³/mol. The van der Waals surface area contributed by atoms with Crippen molar-refractivity contribution in [2.75, 3.05) is 0 Å². The van der Waals surface area contributed by atoms with Crippen LogP contribution >= 0.6 is 0 Å². The van der Waals surface area contributed by atoms with Crippen LogP contribution in [0.4, 0.5) is 13.2 Å². The van der Waals surface area contributed by atoms with Crippen LogP contribution < -0.4 is 11.1 Å². The van der Waals surface area contributed by atoms with E-state index in [9.17, 15) is 22.8 Å².